The molecule has 0 heterocycles. The molecule has 0 saturated carbocycles. The molecule has 0 aliphatic rings. The third-order valence-electron chi connectivity index (χ3n) is 4.53. The van der Waals surface area contributed by atoms with Crippen molar-refractivity contribution in [3.63, 3.8) is 0 Å². The Labute approximate surface area is 206 Å². The van der Waals surface area contributed by atoms with Crippen LogP contribution in [-0.4, -0.2) is 30.3 Å². The molecule has 0 spiro atoms. The van der Waals surface area contributed by atoms with Crippen molar-refractivity contribution in [2.45, 2.75) is 4.90 Å². The predicted molar refractivity (Wildman–Crippen MR) is 131 cm³/mol. The Morgan fingerprint density at radius 3 is 1.97 bits per heavy atom. The molecule has 0 atom stereocenters. The Balaban J connectivity index is 1.53. The minimum atomic E-state index is -1.15. The molecular formula is C27H21FO6S. The molecule has 3 rings (SSSR count). The van der Waals surface area contributed by atoms with Crippen molar-refractivity contribution in [1.82, 2.24) is 0 Å². The Morgan fingerprint density at radius 2 is 1.40 bits per heavy atom. The summed E-state index contributed by atoms with van der Waals surface area (Å²) >= 11 is 1.07. The zero-order valence-corrected chi connectivity index (χ0v) is 19.4. The first kappa shape index (κ1) is 25.5. The second-order valence-electron chi connectivity index (χ2n) is 6.98. The number of thioether (sulfide) groups is 1. The van der Waals surface area contributed by atoms with Crippen molar-refractivity contribution in [2.75, 3.05) is 13.2 Å². The van der Waals surface area contributed by atoms with Crippen LogP contribution in [0.1, 0.15) is 10.4 Å². The van der Waals surface area contributed by atoms with Crippen LogP contribution in [0.25, 0.3) is 11.1 Å². The maximum absolute atomic E-state index is 12.6. The predicted octanol–water partition coefficient (Wildman–Crippen LogP) is 5.78. The van der Waals surface area contributed by atoms with Crippen LogP contribution >= 0.6 is 11.8 Å². The van der Waals surface area contributed by atoms with Crippen molar-refractivity contribution in [3.8, 4) is 22.6 Å². The SMILES string of the molecule is C=CC(=O)Oc1ccc(SC(=O)c2ccc(-c3ccc(OCCOC(=O)C(=C)F)cc3)cc2)cc1. The molecule has 6 nitrogen and oxygen atoms in total. The first-order valence-electron chi connectivity index (χ1n) is 10.4. The van der Waals surface area contributed by atoms with E-state index in [4.69, 9.17) is 9.47 Å². The highest BCUT2D eigenvalue weighted by molar-refractivity contribution is 8.14. The van der Waals surface area contributed by atoms with E-state index in [1.54, 1.807) is 48.5 Å². The second kappa shape index (κ2) is 12.3. The molecular weight excluding hydrogens is 471 g/mol. The van der Waals surface area contributed by atoms with Gasteiger partial charge in [-0.15, -0.1) is 0 Å². The maximum atomic E-state index is 12.6. The van der Waals surface area contributed by atoms with Gasteiger partial charge in [-0.1, -0.05) is 37.4 Å². The molecule has 35 heavy (non-hydrogen) atoms. The first-order chi connectivity index (χ1) is 16.9. The molecule has 8 heteroatoms. The van der Waals surface area contributed by atoms with E-state index in [2.05, 4.69) is 17.9 Å². The largest absolute Gasteiger partial charge is 0.490 e. The fourth-order valence-electron chi connectivity index (χ4n) is 2.81. The molecule has 0 saturated heterocycles. The van der Waals surface area contributed by atoms with Gasteiger partial charge in [-0.25, -0.2) is 9.59 Å². The van der Waals surface area contributed by atoms with Crippen LogP contribution in [0.5, 0.6) is 11.5 Å². The molecule has 3 aromatic carbocycles. The molecule has 0 aliphatic carbocycles. The highest BCUT2D eigenvalue weighted by Gasteiger charge is 2.10. The lowest BCUT2D eigenvalue weighted by Gasteiger charge is -2.08. The van der Waals surface area contributed by atoms with E-state index in [0.29, 0.717) is 17.1 Å². The smallest absolute Gasteiger partial charge is 0.366 e. The van der Waals surface area contributed by atoms with E-state index in [1.165, 1.54) is 0 Å². The number of hydrogen-bond donors (Lipinski definition) is 0. The van der Waals surface area contributed by atoms with E-state index in [0.717, 1.165) is 33.9 Å². The van der Waals surface area contributed by atoms with Crippen LogP contribution in [0.4, 0.5) is 4.39 Å². The zero-order valence-electron chi connectivity index (χ0n) is 18.6. The number of carbonyl (C=O) groups is 3. The van der Waals surface area contributed by atoms with Crippen LogP contribution < -0.4 is 9.47 Å². The van der Waals surface area contributed by atoms with Crippen LogP contribution in [0.3, 0.4) is 0 Å². The Bertz CT molecular complexity index is 1220. The lowest BCUT2D eigenvalue weighted by atomic mass is 10.0. The monoisotopic (exact) mass is 492 g/mol. The van der Waals surface area contributed by atoms with Crippen molar-refractivity contribution in [1.29, 1.82) is 0 Å². The summed E-state index contributed by atoms with van der Waals surface area (Å²) in [5.74, 6) is -1.86. The topological polar surface area (TPSA) is 78.9 Å². The van der Waals surface area contributed by atoms with E-state index >= 15 is 0 Å². The Morgan fingerprint density at radius 1 is 0.829 bits per heavy atom. The van der Waals surface area contributed by atoms with Gasteiger partial charge in [0.2, 0.25) is 10.9 Å². The molecule has 178 valence electrons. The molecule has 0 N–H and O–H groups in total. The van der Waals surface area contributed by atoms with Gasteiger partial charge in [0.05, 0.1) is 0 Å². The lowest BCUT2D eigenvalue weighted by Crippen LogP contribution is -2.12. The van der Waals surface area contributed by atoms with Gasteiger partial charge in [0.15, 0.2) is 0 Å². The van der Waals surface area contributed by atoms with E-state index < -0.39 is 17.8 Å². The first-order valence-corrected chi connectivity index (χ1v) is 11.2. The minimum Gasteiger partial charge on any atom is -0.490 e. The number of esters is 2. The molecule has 0 amide bonds. The number of rotatable bonds is 10. The number of benzene rings is 3. The summed E-state index contributed by atoms with van der Waals surface area (Å²) in [6, 6.07) is 21.1. The van der Waals surface area contributed by atoms with Crippen LogP contribution in [-0.2, 0) is 14.3 Å². The van der Waals surface area contributed by atoms with Crippen molar-refractivity contribution in [2.24, 2.45) is 0 Å². The van der Waals surface area contributed by atoms with Gasteiger partial charge < -0.3 is 14.2 Å². The average Bonchev–Trinajstić information content (AvgIpc) is 2.88. The third kappa shape index (κ3) is 7.68. The molecule has 0 unspecified atom stereocenters. The summed E-state index contributed by atoms with van der Waals surface area (Å²) in [6.45, 7) is 6.19. The Hall–Kier alpha value is -4.17. The van der Waals surface area contributed by atoms with Crippen molar-refractivity contribution in [3.05, 3.63) is 103 Å². The summed E-state index contributed by atoms with van der Waals surface area (Å²) in [6.07, 6.45) is 1.08. The summed E-state index contributed by atoms with van der Waals surface area (Å²) in [5.41, 5.74) is 2.39. The molecule has 0 bridgehead atoms. The van der Waals surface area contributed by atoms with Crippen LogP contribution in [0, 0.1) is 0 Å². The molecule has 0 aliphatic heterocycles. The standard InChI is InChI=1S/C27H21FO6S/c1-3-25(29)34-23-12-14-24(15-13-23)35-27(31)21-6-4-19(5-7-21)20-8-10-22(11-9-20)32-16-17-33-26(30)18(2)28/h3-15H,1-2,16-17H2. The van der Waals surface area contributed by atoms with Gasteiger partial charge in [-0.2, -0.15) is 4.39 Å². The number of hydrogen-bond acceptors (Lipinski definition) is 7. The highest BCUT2D eigenvalue weighted by atomic mass is 32.2. The number of carbonyl (C=O) groups excluding carboxylic acids is 3. The van der Waals surface area contributed by atoms with Gasteiger partial charge in [-0.05, 0) is 71.4 Å². The quantitative estimate of drug-likeness (QED) is 0.117. The fourth-order valence-corrected chi connectivity index (χ4v) is 3.55. The van der Waals surface area contributed by atoms with E-state index in [1.807, 2.05) is 24.3 Å². The van der Waals surface area contributed by atoms with Gasteiger partial charge in [0, 0.05) is 16.5 Å². The second-order valence-corrected chi connectivity index (χ2v) is 8.02. The fraction of sp³-hybridized carbons (Fsp3) is 0.0741. The molecule has 3 aromatic rings. The highest BCUT2D eigenvalue weighted by Crippen LogP contribution is 2.27. The number of halogens is 1. The average molecular weight is 493 g/mol. The lowest BCUT2D eigenvalue weighted by molar-refractivity contribution is -0.141. The molecule has 0 aromatic heterocycles. The molecule has 0 radical (unpaired) electrons. The van der Waals surface area contributed by atoms with Crippen molar-refractivity contribution >= 4 is 28.8 Å². The third-order valence-corrected chi connectivity index (χ3v) is 5.46. The maximum Gasteiger partial charge on any atom is 0.366 e. The van der Waals surface area contributed by atoms with E-state index in [9.17, 15) is 18.8 Å². The van der Waals surface area contributed by atoms with Gasteiger partial charge in [0.25, 0.3) is 0 Å². The Kier molecular flexibility index (Phi) is 8.97. The normalized spacial score (nSPS) is 10.2. The minimum absolute atomic E-state index is 0.0789. The summed E-state index contributed by atoms with van der Waals surface area (Å²) < 4.78 is 27.6. The van der Waals surface area contributed by atoms with Gasteiger partial charge >= 0.3 is 11.9 Å². The van der Waals surface area contributed by atoms with Crippen LogP contribution in [0.2, 0.25) is 0 Å². The summed E-state index contributed by atoms with van der Waals surface area (Å²) in [5, 5.41) is -0.117. The summed E-state index contributed by atoms with van der Waals surface area (Å²) in [7, 11) is 0. The molecule has 0 fully saturated rings. The zero-order chi connectivity index (χ0) is 25.2. The van der Waals surface area contributed by atoms with Gasteiger partial charge in [0.1, 0.15) is 24.7 Å². The van der Waals surface area contributed by atoms with Crippen LogP contribution in [0.15, 0.2) is 103 Å². The number of ether oxygens (including phenoxy) is 3. The summed E-state index contributed by atoms with van der Waals surface area (Å²) in [4.78, 5) is 35.5. The van der Waals surface area contributed by atoms with Crippen molar-refractivity contribution < 1.29 is 33.0 Å². The van der Waals surface area contributed by atoms with Gasteiger partial charge in [-0.3, -0.25) is 4.79 Å². The van der Waals surface area contributed by atoms with E-state index in [-0.39, 0.29) is 18.3 Å².